The Balaban J connectivity index is 1.85. The molecule has 1 aliphatic rings. The van der Waals surface area contributed by atoms with Crippen molar-refractivity contribution in [3.63, 3.8) is 0 Å². The van der Waals surface area contributed by atoms with Crippen molar-refractivity contribution in [1.29, 1.82) is 0 Å². The minimum absolute atomic E-state index is 0.223. The van der Waals surface area contributed by atoms with Crippen LogP contribution in [-0.4, -0.2) is 56.4 Å². The lowest BCUT2D eigenvalue weighted by Gasteiger charge is -2.22. The molecule has 1 saturated heterocycles. The van der Waals surface area contributed by atoms with Crippen LogP contribution in [0.2, 0.25) is 0 Å². The maximum absolute atomic E-state index is 13.0. The van der Waals surface area contributed by atoms with Crippen LogP contribution in [0.5, 0.6) is 5.75 Å². The van der Waals surface area contributed by atoms with Gasteiger partial charge in [0.15, 0.2) is 0 Å². The first-order valence-corrected chi connectivity index (χ1v) is 8.80. The summed E-state index contributed by atoms with van der Waals surface area (Å²) in [5.41, 5.74) is 2.97. The number of hydrogen-bond donors (Lipinski definition) is 0. The highest BCUT2D eigenvalue weighted by atomic mass is 16.6. The van der Waals surface area contributed by atoms with Crippen molar-refractivity contribution in [2.75, 3.05) is 27.9 Å². The van der Waals surface area contributed by atoms with E-state index in [1.807, 2.05) is 36.4 Å². The van der Waals surface area contributed by atoms with Crippen LogP contribution in [0.15, 0.2) is 53.7 Å². The molecule has 0 N–H and O–H groups in total. The molecule has 0 aliphatic carbocycles. The Bertz CT molecular complexity index is 892. The fraction of sp³-hybridized carbons (Fsp3) is 0.286. The van der Waals surface area contributed by atoms with E-state index in [2.05, 4.69) is 5.16 Å². The molecule has 0 radical (unpaired) electrons. The monoisotopic (exact) mass is 382 g/mol. The zero-order valence-corrected chi connectivity index (χ0v) is 16.0. The topological polar surface area (TPSA) is 77.4 Å². The minimum atomic E-state index is -0.708. The fourth-order valence-corrected chi connectivity index (χ4v) is 3.30. The van der Waals surface area contributed by atoms with Gasteiger partial charge >= 0.3 is 5.97 Å². The molecule has 1 fully saturated rings. The van der Waals surface area contributed by atoms with Crippen molar-refractivity contribution in [2.45, 2.75) is 12.5 Å². The number of para-hydroxylation sites is 1. The highest BCUT2D eigenvalue weighted by Gasteiger charge is 2.39. The Morgan fingerprint density at radius 2 is 1.75 bits per heavy atom. The van der Waals surface area contributed by atoms with E-state index in [1.165, 1.54) is 19.1 Å². The standard InChI is InChI=1S/C21H22N2O5/c1-26-19-7-5-4-6-17(19)14-8-10-15(11-9-14)20(24)23-13-16(22-28-3)12-18(23)21(25)27-2/h4-11,18H,12-13H2,1-3H3/t18-/m0/s1. The second kappa shape index (κ2) is 8.56. The fourth-order valence-electron chi connectivity index (χ4n) is 3.30. The van der Waals surface area contributed by atoms with E-state index in [0.29, 0.717) is 17.7 Å². The maximum Gasteiger partial charge on any atom is 0.329 e. The predicted octanol–water partition coefficient (Wildman–Crippen LogP) is 2.75. The number of ether oxygens (including phenoxy) is 2. The first-order chi connectivity index (χ1) is 13.6. The molecule has 0 spiro atoms. The molecule has 146 valence electrons. The summed E-state index contributed by atoms with van der Waals surface area (Å²) in [5.74, 6) is 0.0240. The zero-order valence-electron chi connectivity index (χ0n) is 16.0. The smallest absolute Gasteiger partial charge is 0.329 e. The third-order valence-corrected chi connectivity index (χ3v) is 4.66. The number of oxime groups is 1. The van der Waals surface area contributed by atoms with Crippen molar-refractivity contribution in [3.05, 3.63) is 54.1 Å². The van der Waals surface area contributed by atoms with Gasteiger partial charge in [-0.1, -0.05) is 35.5 Å². The molecule has 2 aromatic rings. The van der Waals surface area contributed by atoms with Gasteiger partial charge in [-0.15, -0.1) is 0 Å². The second-order valence-electron chi connectivity index (χ2n) is 6.29. The highest BCUT2D eigenvalue weighted by molar-refractivity contribution is 6.04. The number of benzene rings is 2. The molecule has 3 rings (SSSR count). The number of esters is 1. The van der Waals surface area contributed by atoms with Crippen LogP contribution in [0.3, 0.4) is 0 Å². The molecule has 1 heterocycles. The summed E-state index contributed by atoms with van der Waals surface area (Å²) in [6.45, 7) is 0.223. The van der Waals surface area contributed by atoms with Gasteiger partial charge < -0.3 is 19.2 Å². The molecular formula is C21H22N2O5. The number of amides is 1. The molecule has 0 bridgehead atoms. The Morgan fingerprint density at radius 1 is 1.04 bits per heavy atom. The van der Waals surface area contributed by atoms with Crippen molar-refractivity contribution in [2.24, 2.45) is 5.16 Å². The number of methoxy groups -OCH3 is 2. The molecule has 7 heteroatoms. The first-order valence-electron chi connectivity index (χ1n) is 8.80. The van der Waals surface area contributed by atoms with Crippen LogP contribution in [-0.2, 0) is 14.4 Å². The van der Waals surface area contributed by atoms with E-state index in [1.54, 1.807) is 19.2 Å². The first kappa shape index (κ1) is 19.4. The molecule has 7 nitrogen and oxygen atoms in total. The summed E-state index contributed by atoms with van der Waals surface area (Å²) < 4.78 is 10.2. The number of rotatable bonds is 5. The van der Waals surface area contributed by atoms with Gasteiger partial charge in [0.2, 0.25) is 0 Å². The third-order valence-electron chi connectivity index (χ3n) is 4.66. The third kappa shape index (κ3) is 3.83. The molecule has 1 atom stereocenters. The van der Waals surface area contributed by atoms with Crippen molar-refractivity contribution >= 4 is 17.6 Å². The molecule has 1 amide bonds. The summed E-state index contributed by atoms with van der Waals surface area (Å²) in [5, 5.41) is 3.89. The summed E-state index contributed by atoms with van der Waals surface area (Å²) in [4.78, 5) is 31.3. The van der Waals surface area contributed by atoms with Crippen LogP contribution in [0, 0.1) is 0 Å². The predicted molar refractivity (Wildman–Crippen MR) is 104 cm³/mol. The Morgan fingerprint density at radius 3 is 2.39 bits per heavy atom. The molecule has 2 aromatic carbocycles. The minimum Gasteiger partial charge on any atom is -0.496 e. The number of carbonyl (C=O) groups is 2. The van der Waals surface area contributed by atoms with Gasteiger partial charge in [-0.25, -0.2) is 4.79 Å². The van der Waals surface area contributed by atoms with Gasteiger partial charge in [0, 0.05) is 17.5 Å². The molecule has 1 aliphatic heterocycles. The molecule has 28 heavy (non-hydrogen) atoms. The van der Waals surface area contributed by atoms with Crippen LogP contribution >= 0.6 is 0 Å². The van der Waals surface area contributed by atoms with Gasteiger partial charge in [0.25, 0.3) is 5.91 Å². The van der Waals surface area contributed by atoms with Gasteiger partial charge in [0.1, 0.15) is 18.9 Å². The summed E-state index contributed by atoms with van der Waals surface area (Å²) in [7, 11) is 4.36. The average molecular weight is 382 g/mol. The lowest BCUT2D eigenvalue weighted by atomic mass is 10.0. The summed E-state index contributed by atoms with van der Waals surface area (Å²) in [6.07, 6.45) is 0.297. The lowest BCUT2D eigenvalue weighted by Crippen LogP contribution is -2.41. The molecular weight excluding hydrogens is 360 g/mol. The van der Waals surface area contributed by atoms with Crippen molar-refractivity contribution < 1.29 is 23.9 Å². The maximum atomic E-state index is 13.0. The van der Waals surface area contributed by atoms with Crippen molar-refractivity contribution in [3.8, 4) is 16.9 Å². The summed E-state index contributed by atoms with van der Waals surface area (Å²) >= 11 is 0. The van der Waals surface area contributed by atoms with Gasteiger partial charge in [-0.2, -0.15) is 0 Å². The van der Waals surface area contributed by atoms with E-state index >= 15 is 0 Å². The number of hydrogen-bond acceptors (Lipinski definition) is 6. The van der Waals surface area contributed by atoms with Crippen LogP contribution in [0.1, 0.15) is 16.8 Å². The van der Waals surface area contributed by atoms with E-state index < -0.39 is 12.0 Å². The molecule has 0 aromatic heterocycles. The number of likely N-dealkylation sites (tertiary alicyclic amines) is 1. The van der Waals surface area contributed by atoms with Gasteiger partial charge in [-0.3, -0.25) is 4.79 Å². The van der Waals surface area contributed by atoms with Crippen LogP contribution in [0.25, 0.3) is 11.1 Å². The molecule has 0 saturated carbocycles. The largest absolute Gasteiger partial charge is 0.496 e. The average Bonchev–Trinajstić information content (AvgIpc) is 3.17. The summed E-state index contributed by atoms with van der Waals surface area (Å²) in [6, 6.07) is 14.2. The SMILES string of the molecule is CON=C1C[C@@H](C(=O)OC)N(C(=O)c2ccc(-c3ccccc3OC)cc2)C1. The zero-order chi connectivity index (χ0) is 20.1. The Hall–Kier alpha value is -3.35. The lowest BCUT2D eigenvalue weighted by molar-refractivity contribution is -0.145. The highest BCUT2D eigenvalue weighted by Crippen LogP contribution is 2.30. The second-order valence-corrected chi connectivity index (χ2v) is 6.29. The Labute approximate surface area is 163 Å². The Kier molecular flexibility index (Phi) is 5.93. The molecule has 0 unspecified atom stereocenters. The van der Waals surface area contributed by atoms with E-state index in [-0.39, 0.29) is 12.5 Å². The van der Waals surface area contributed by atoms with Crippen LogP contribution < -0.4 is 4.74 Å². The quantitative estimate of drug-likeness (QED) is 0.587. The van der Waals surface area contributed by atoms with Gasteiger partial charge in [-0.05, 0) is 23.8 Å². The number of nitrogens with zero attached hydrogens (tertiary/aromatic N) is 2. The van der Waals surface area contributed by atoms with E-state index in [0.717, 1.165) is 16.9 Å². The van der Waals surface area contributed by atoms with E-state index in [9.17, 15) is 9.59 Å². The van der Waals surface area contributed by atoms with E-state index in [4.69, 9.17) is 14.3 Å². The normalized spacial score (nSPS) is 17.5. The van der Waals surface area contributed by atoms with Gasteiger partial charge in [0.05, 0.1) is 26.5 Å². The number of carbonyl (C=O) groups excluding carboxylic acids is 2. The van der Waals surface area contributed by atoms with Crippen LogP contribution in [0.4, 0.5) is 0 Å². The van der Waals surface area contributed by atoms with Crippen molar-refractivity contribution in [1.82, 2.24) is 4.90 Å².